The summed E-state index contributed by atoms with van der Waals surface area (Å²) in [5, 5.41) is 10.2. The molecule has 0 aliphatic heterocycles. The predicted octanol–water partition coefficient (Wildman–Crippen LogP) is 0.911. The molecular formula is C8H9NO4S2. The predicted molar refractivity (Wildman–Crippen MR) is 56.7 cm³/mol. The molecule has 1 rings (SSSR count). The first kappa shape index (κ1) is 11.9. The lowest BCUT2D eigenvalue weighted by atomic mass is 10.5. The maximum absolute atomic E-state index is 11.6. The van der Waals surface area contributed by atoms with Crippen molar-refractivity contribution >= 4 is 27.3 Å². The zero-order valence-corrected chi connectivity index (χ0v) is 9.27. The van der Waals surface area contributed by atoms with Crippen LogP contribution in [-0.4, -0.2) is 26.0 Å². The Hall–Kier alpha value is -1.18. The summed E-state index contributed by atoms with van der Waals surface area (Å²) in [6.45, 7) is 3.43. The van der Waals surface area contributed by atoms with Gasteiger partial charge in [-0.25, -0.2) is 17.9 Å². The summed E-state index contributed by atoms with van der Waals surface area (Å²) in [6.07, 6.45) is 1.38. The highest BCUT2D eigenvalue weighted by Gasteiger charge is 2.22. The molecule has 5 nitrogen and oxygen atoms in total. The molecule has 1 aromatic rings. The lowest BCUT2D eigenvalue weighted by Gasteiger charge is -2.02. The van der Waals surface area contributed by atoms with Crippen LogP contribution in [0, 0.1) is 0 Å². The molecule has 82 valence electrons. The van der Waals surface area contributed by atoms with Gasteiger partial charge in [0.25, 0.3) is 0 Å². The van der Waals surface area contributed by atoms with E-state index in [9.17, 15) is 13.2 Å². The number of sulfonamides is 1. The molecule has 0 atom stereocenters. The number of aromatic carboxylic acids is 1. The number of thiophene rings is 1. The van der Waals surface area contributed by atoms with Crippen LogP contribution in [0.5, 0.6) is 0 Å². The van der Waals surface area contributed by atoms with E-state index in [0.717, 1.165) is 11.3 Å². The highest BCUT2D eigenvalue weighted by molar-refractivity contribution is 7.89. The van der Waals surface area contributed by atoms with Crippen molar-refractivity contribution in [1.29, 1.82) is 0 Å². The van der Waals surface area contributed by atoms with E-state index >= 15 is 0 Å². The number of carboxylic acid groups (broad SMARTS) is 1. The summed E-state index contributed by atoms with van der Waals surface area (Å²) in [5.74, 6) is -1.25. The van der Waals surface area contributed by atoms with Gasteiger partial charge in [0.05, 0.1) is 0 Å². The molecule has 1 heterocycles. The van der Waals surface area contributed by atoms with Crippen LogP contribution >= 0.6 is 11.3 Å². The van der Waals surface area contributed by atoms with Crippen LogP contribution in [-0.2, 0) is 10.0 Å². The fourth-order valence-electron chi connectivity index (χ4n) is 0.911. The Morgan fingerprint density at radius 2 is 2.33 bits per heavy atom. The zero-order valence-electron chi connectivity index (χ0n) is 7.63. The lowest BCUT2D eigenvalue weighted by Crippen LogP contribution is -2.24. The van der Waals surface area contributed by atoms with Gasteiger partial charge >= 0.3 is 5.97 Å². The molecule has 0 fully saturated rings. The van der Waals surface area contributed by atoms with Gasteiger partial charge in [0, 0.05) is 6.54 Å². The van der Waals surface area contributed by atoms with Gasteiger partial charge in [-0.05, 0) is 11.4 Å². The standard InChI is InChI=1S/C8H9NO4S2/c1-2-4-9-15(12,13)6-3-5-14-7(6)8(10)11/h2-3,5,9H,1,4H2,(H,10,11). The highest BCUT2D eigenvalue weighted by Crippen LogP contribution is 2.21. The fourth-order valence-corrected chi connectivity index (χ4v) is 3.17. The second kappa shape index (κ2) is 4.56. The number of carbonyl (C=O) groups is 1. The first-order chi connectivity index (χ1) is 6.99. The van der Waals surface area contributed by atoms with Crippen molar-refractivity contribution in [3.8, 4) is 0 Å². The van der Waals surface area contributed by atoms with E-state index < -0.39 is 16.0 Å². The Kier molecular flexibility index (Phi) is 3.61. The molecule has 0 aromatic carbocycles. The van der Waals surface area contributed by atoms with Crippen LogP contribution in [0.4, 0.5) is 0 Å². The third kappa shape index (κ3) is 2.65. The molecule has 15 heavy (non-hydrogen) atoms. The first-order valence-corrected chi connectivity index (χ1v) is 6.26. The maximum Gasteiger partial charge on any atom is 0.347 e. The van der Waals surface area contributed by atoms with Crippen molar-refractivity contribution in [3.05, 3.63) is 29.0 Å². The minimum absolute atomic E-state index is 0.0667. The van der Waals surface area contributed by atoms with Crippen molar-refractivity contribution in [3.63, 3.8) is 0 Å². The summed E-state index contributed by atoms with van der Waals surface area (Å²) in [4.78, 5) is 10.3. The molecule has 0 bridgehead atoms. The van der Waals surface area contributed by atoms with Crippen molar-refractivity contribution in [2.75, 3.05) is 6.54 Å². The molecule has 0 unspecified atom stereocenters. The summed E-state index contributed by atoms with van der Waals surface area (Å²) in [6, 6.07) is 1.26. The van der Waals surface area contributed by atoms with Crippen molar-refractivity contribution in [1.82, 2.24) is 4.72 Å². The number of nitrogens with one attached hydrogen (secondary N) is 1. The van der Waals surface area contributed by atoms with Gasteiger partial charge < -0.3 is 5.11 Å². The lowest BCUT2D eigenvalue weighted by molar-refractivity contribution is 0.0698. The van der Waals surface area contributed by atoms with Crippen LogP contribution in [0.25, 0.3) is 0 Å². The molecular weight excluding hydrogens is 238 g/mol. The van der Waals surface area contributed by atoms with E-state index in [-0.39, 0.29) is 16.3 Å². The van der Waals surface area contributed by atoms with Gasteiger partial charge in [-0.15, -0.1) is 17.9 Å². The van der Waals surface area contributed by atoms with Crippen LogP contribution in [0.3, 0.4) is 0 Å². The second-order valence-electron chi connectivity index (χ2n) is 2.56. The Balaban J connectivity index is 3.10. The van der Waals surface area contributed by atoms with Gasteiger partial charge in [-0.1, -0.05) is 6.08 Å². The van der Waals surface area contributed by atoms with Crippen molar-refractivity contribution in [2.45, 2.75) is 4.90 Å². The van der Waals surface area contributed by atoms with Crippen LogP contribution < -0.4 is 4.72 Å². The number of hydrogen-bond donors (Lipinski definition) is 2. The summed E-state index contributed by atoms with van der Waals surface area (Å²) >= 11 is 0.873. The monoisotopic (exact) mass is 247 g/mol. The van der Waals surface area contributed by atoms with Crippen molar-refractivity contribution < 1.29 is 18.3 Å². The molecule has 7 heteroatoms. The Labute approximate surface area is 91.1 Å². The minimum atomic E-state index is -3.75. The fraction of sp³-hybridized carbons (Fsp3) is 0.125. The molecule has 1 aromatic heterocycles. The van der Waals surface area contributed by atoms with Gasteiger partial charge in [-0.2, -0.15) is 0 Å². The van der Waals surface area contributed by atoms with Gasteiger partial charge in [0.2, 0.25) is 10.0 Å². The largest absolute Gasteiger partial charge is 0.477 e. The minimum Gasteiger partial charge on any atom is -0.477 e. The third-order valence-corrected chi connectivity index (χ3v) is 4.03. The maximum atomic E-state index is 11.6. The molecule has 0 aliphatic rings. The molecule has 0 amide bonds. The third-order valence-electron chi connectivity index (χ3n) is 1.53. The van der Waals surface area contributed by atoms with E-state index in [1.165, 1.54) is 17.5 Å². The van der Waals surface area contributed by atoms with E-state index in [1.54, 1.807) is 0 Å². The smallest absolute Gasteiger partial charge is 0.347 e. The van der Waals surface area contributed by atoms with E-state index in [2.05, 4.69) is 11.3 Å². The average molecular weight is 247 g/mol. The van der Waals surface area contributed by atoms with Crippen LogP contribution in [0.1, 0.15) is 9.67 Å². The molecule has 0 aliphatic carbocycles. The molecule has 0 saturated carbocycles. The van der Waals surface area contributed by atoms with E-state index in [1.807, 2.05) is 0 Å². The molecule has 0 saturated heterocycles. The molecule has 0 spiro atoms. The van der Waals surface area contributed by atoms with Crippen LogP contribution in [0.2, 0.25) is 0 Å². The topological polar surface area (TPSA) is 83.5 Å². The average Bonchev–Trinajstić information content (AvgIpc) is 2.63. The Bertz CT molecular complexity index is 475. The molecule has 2 N–H and O–H groups in total. The zero-order chi connectivity index (χ0) is 11.5. The summed E-state index contributed by atoms with van der Waals surface area (Å²) in [7, 11) is -3.75. The Morgan fingerprint density at radius 3 is 2.87 bits per heavy atom. The SMILES string of the molecule is C=CCNS(=O)(=O)c1ccsc1C(=O)O. The molecule has 0 radical (unpaired) electrons. The number of hydrogen-bond acceptors (Lipinski definition) is 4. The Morgan fingerprint density at radius 1 is 1.67 bits per heavy atom. The summed E-state index contributed by atoms with van der Waals surface area (Å²) < 4.78 is 25.3. The van der Waals surface area contributed by atoms with Crippen molar-refractivity contribution in [2.24, 2.45) is 0 Å². The summed E-state index contributed by atoms with van der Waals surface area (Å²) in [5.41, 5.74) is 0. The van der Waals surface area contributed by atoms with E-state index in [4.69, 9.17) is 5.11 Å². The number of rotatable bonds is 5. The quantitative estimate of drug-likeness (QED) is 0.757. The van der Waals surface area contributed by atoms with Gasteiger partial charge in [0.1, 0.15) is 9.77 Å². The van der Waals surface area contributed by atoms with Gasteiger partial charge in [-0.3, -0.25) is 0 Å². The van der Waals surface area contributed by atoms with E-state index in [0.29, 0.717) is 0 Å². The van der Waals surface area contributed by atoms with Crippen LogP contribution in [0.15, 0.2) is 29.0 Å². The second-order valence-corrected chi connectivity index (χ2v) is 5.21. The normalized spacial score (nSPS) is 11.2. The number of carboxylic acids is 1. The highest BCUT2D eigenvalue weighted by atomic mass is 32.2. The first-order valence-electron chi connectivity index (χ1n) is 3.90. The van der Waals surface area contributed by atoms with Gasteiger partial charge in [0.15, 0.2) is 0 Å².